The average molecular weight is 450 g/mol. The lowest BCUT2D eigenvalue weighted by Gasteiger charge is -2.62. The molecule has 0 aromatic heterocycles. The lowest BCUT2D eigenvalue weighted by molar-refractivity contribution is -0.174. The highest BCUT2D eigenvalue weighted by atomic mass is 16.4. The summed E-state index contributed by atoms with van der Waals surface area (Å²) in [5.74, 6) is 1.66. The van der Waals surface area contributed by atoms with Gasteiger partial charge in [0.2, 0.25) is 5.91 Å². The van der Waals surface area contributed by atoms with Crippen LogP contribution in [0.4, 0.5) is 0 Å². The fourth-order valence-electron chi connectivity index (χ4n) is 9.00. The Morgan fingerprint density at radius 3 is 2.41 bits per heavy atom. The molecule has 0 spiro atoms. The number of fused-ring (bicyclic) bond motifs is 5. The Kier molecular flexibility index (Phi) is 6.68. The highest BCUT2D eigenvalue weighted by Gasteiger charge is 2.62. The van der Waals surface area contributed by atoms with E-state index in [0.717, 1.165) is 44.9 Å². The van der Waals surface area contributed by atoms with Crippen LogP contribution in [-0.2, 0) is 9.59 Å². The van der Waals surface area contributed by atoms with E-state index < -0.39 is 5.97 Å². The monoisotopic (exact) mass is 449 g/mol. The van der Waals surface area contributed by atoms with Gasteiger partial charge in [-0.2, -0.15) is 0 Å². The minimum Gasteiger partial charge on any atom is -0.480 e. The van der Waals surface area contributed by atoms with Gasteiger partial charge in [-0.05, 0) is 104 Å². The van der Waals surface area contributed by atoms with E-state index >= 15 is 0 Å². The van der Waals surface area contributed by atoms with Crippen molar-refractivity contribution in [1.82, 2.24) is 5.32 Å². The average Bonchev–Trinajstić information content (AvgIpc) is 3.09. The predicted molar refractivity (Wildman–Crippen MR) is 122 cm³/mol. The molecule has 0 heterocycles. The second-order valence-electron chi connectivity index (χ2n) is 12.1. The summed E-state index contributed by atoms with van der Waals surface area (Å²) in [5.41, 5.74) is 0.451. The van der Waals surface area contributed by atoms with E-state index in [-0.39, 0.29) is 35.5 Å². The number of rotatable bonds is 6. The van der Waals surface area contributed by atoms with Crippen molar-refractivity contribution in [2.75, 3.05) is 6.54 Å². The molecule has 32 heavy (non-hydrogen) atoms. The number of hydrogen-bond donors (Lipinski definition) is 4. The predicted octanol–water partition coefficient (Wildman–Crippen LogP) is 3.59. The molecule has 0 aromatic rings. The molecule has 6 heteroatoms. The summed E-state index contributed by atoms with van der Waals surface area (Å²) in [5, 5.41) is 32.8. The lowest BCUT2D eigenvalue weighted by Crippen LogP contribution is -2.58. The van der Waals surface area contributed by atoms with Gasteiger partial charge in [-0.3, -0.25) is 9.59 Å². The fraction of sp³-hybridized carbons (Fsp3) is 0.923. The zero-order valence-corrected chi connectivity index (χ0v) is 20.1. The maximum atomic E-state index is 12.0. The number of carboxylic acid groups (broad SMARTS) is 1. The van der Waals surface area contributed by atoms with Gasteiger partial charge in [-0.1, -0.05) is 20.8 Å². The van der Waals surface area contributed by atoms with E-state index in [1.54, 1.807) is 0 Å². The third-order valence-electron chi connectivity index (χ3n) is 10.7. The van der Waals surface area contributed by atoms with Crippen molar-refractivity contribution in [2.45, 2.75) is 97.2 Å². The van der Waals surface area contributed by atoms with Gasteiger partial charge >= 0.3 is 5.97 Å². The molecule has 10 atom stereocenters. The van der Waals surface area contributed by atoms with Crippen LogP contribution in [0.5, 0.6) is 0 Å². The van der Waals surface area contributed by atoms with Crippen molar-refractivity contribution in [3.05, 3.63) is 0 Å². The van der Waals surface area contributed by atoms with Crippen LogP contribution < -0.4 is 5.32 Å². The van der Waals surface area contributed by atoms with Crippen molar-refractivity contribution >= 4 is 11.9 Å². The van der Waals surface area contributed by atoms with Crippen LogP contribution in [0.15, 0.2) is 0 Å². The van der Waals surface area contributed by atoms with E-state index in [4.69, 9.17) is 5.11 Å². The molecule has 0 bridgehead atoms. The third kappa shape index (κ3) is 4.11. The molecular weight excluding hydrogens is 406 g/mol. The molecule has 182 valence electrons. The second-order valence-corrected chi connectivity index (χ2v) is 12.1. The number of aliphatic hydroxyl groups excluding tert-OH is 2. The van der Waals surface area contributed by atoms with Crippen LogP contribution in [0.3, 0.4) is 0 Å². The zero-order valence-electron chi connectivity index (χ0n) is 20.1. The Morgan fingerprint density at radius 2 is 1.69 bits per heavy atom. The number of aliphatic carboxylic acids is 1. The van der Waals surface area contributed by atoms with Crippen LogP contribution in [0.2, 0.25) is 0 Å². The molecule has 0 aromatic carbocycles. The Labute approximate surface area is 192 Å². The summed E-state index contributed by atoms with van der Waals surface area (Å²) in [6, 6.07) is 0. The Balaban J connectivity index is 1.44. The van der Waals surface area contributed by atoms with Gasteiger partial charge in [-0.15, -0.1) is 0 Å². The maximum Gasteiger partial charge on any atom is 0.322 e. The molecule has 4 aliphatic rings. The molecule has 6 nitrogen and oxygen atoms in total. The van der Waals surface area contributed by atoms with E-state index in [9.17, 15) is 19.8 Å². The summed E-state index contributed by atoms with van der Waals surface area (Å²) >= 11 is 0. The molecular formula is C26H43NO5. The van der Waals surface area contributed by atoms with E-state index in [1.165, 1.54) is 12.8 Å². The molecule has 0 saturated heterocycles. The Morgan fingerprint density at radius 1 is 1.00 bits per heavy atom. The van der Waals surface area contributed by atoms with E-state index in [0.29, 0.717) is 41.9 Å². The third-order valence-corrected chi connectivity index (χ3v) is 10.7. The molecule has 1 amide bonds. The summed E-state index contributed by atoms with van der Waals surface area (Å²) in [6.07, 6.45) is 9.06. The van der Waals surface area contributed by atoms with E-state index in [2.05, 4.69) is 26.1 Å². The summed E-state index contributed by atoms with van der Waals surface area (Å²) in [6.45, 7) is 6.83. The van der Waals surface area contributed by atoms with Gasteiger partial charge in [0.1, 0.15) is 6.54 Å². The molecule has 4 rings (SSSR count). The molecule has 5 unspecified atom stereocenters. The smallest absolute Gasteiger partial charge is 0.322 e. The van der Waals surface area contributed by atoms with Crippen molar-refractivity contribution in [3.63, 3.8) is 0 Å². The molecule has 4 N–H and O–H groups in total. The number of nitrogens with one attached hydrogen (secondary N) is 1. The van der Waals surface area contributed by atoms with Crippen molar-refractivity contribution in [1.29, 1.82) is 0 Å². The first kappa shape index (κ1) is 24.0. The number of carbonyl (C=O) groups excluding carboxylic acids is 1. The van der Waals surface area contributed by atoms with Crippen molar-refractivity contribution in [3.8, 4) is 0 Å². The van der Waals surface area contributed by atoms with Crippen LogP contribution in [-0.4, -0.2) is 45.9 Å². The normalized spacial score (nSPS) is 46.5. The highest BCUT2D eigenvalue weighted by Crippen LogP contribution is 2.68. The first-order chi connectivity index (χ1) is 15.1. The first-order valence-electron chi connectivity index (χ1n) is 12.9. The van der Waals surface area contributed by atoms with Crippen LogP contribution in [0.25, 0.3) is 0 Å². The fourth-order valence-corrected chi connectivity index (χ4v) is 9.00. The van der Waals surface area contributed by atoms with Crippen molar-refractivity contribution < 1.29 is 24.9 Å². The molecule has 4 saturated carbocycles. The number of hydrogen-bond acceptors (Lipinski definition) is 4. The van der Waals surface area contributed by atoms with Gasteiger partial charge < -0.3 is 20.6 Å². The topological polar surface area (TPSA) is 107 Å². The zero-order chi connectivity index (χ0) is 23.3. The van der Waals surface area contributed by atoms with Crippen LogP contribution in [0, 0.1) is 46.3 Å². The number of carboxylic acids is 1. The van der Waals surface area contributed by atoms with Gasteiger partial charge in [0.05, 0.1) is 12.2 Å². The molecule has 4 aliphatic carbocycles. The Bertz CT molecular complexity index is 727. The largest absolute Gasteiger partial charge is 0.480 e. The van der Waals surface area contributed by atoms with Crippen LogP contribution in [0.1, 0.15) is 85.0 Å². The van der Waals surface area contributed by atoms with Crippen LogP contribution >= 0.6 is 0 Å². The summed E-state index contributed by atoms with van der Waals surface area (Å²) in [4.78, 5) is 22.7. The van der Waals surface area contributed by atoms with Crippen molar-refractivity contribution in [2.24, 2.45) is 46.3 Å². The summed E-state index contributed by atoms with van der Waals surface area (Å²) < 4.78 is 0. The number of aliphatic hydroxyl groups is 2. The summed E-state index contributed by atoms with van der Waals surface area (Å²) in [7, 11) is 0. The molecule has 0 aliphatic heterocycles. The molecule has 4 fully saturated rings. The van der Waals surface area contributed by atoms with Gasteiger partial charge in [0.15, 0.2) is 0 Å². The first-order valence-corrected chi connectivity index (χ1v) is 12.9. The lowest BCUT2D eigenvalue weighted by atomic mass is 9.43. The number of carbonyl (C=O) groups is 2. The second kappa shape index (κ2) is 8.90. The van der Waals surface area contributed by atoms with Gasteiger partial charge in [0.25, 0.3) is 0 Å². The standard InChI is InChI=1S/C26H43NO5/c1-15(4-7-22(30)27-14-23(31)32)18-5-6-19-24-20(9-11-26(18,19)3)25(2)10-8-17(28)12-16(25)13-21(24)29/h15-21,24,28-29H,4-14H2,1-3H3,(H,27,30)(H,31,32)/t15-,16?,17-,18-,19?,20?,21?,24?,25+,26-/m0/s1. The highest BCUT2D eigenvalue weighted by molar-refractivity contribution is 5.81. The minimum atomic E-state index is -1.01. The maximum absolute atomic E-state index is 12.0. The SMILES string of the molecule is C[C@@H](CCC(=O)NCC(=O)O)[C@@H]1CCC2C3C(O)CC4C[C@@H](O)CC[C@@]4(C)C3CC[C@]21C. The molecule has 0 radical (unpaired) electrons. The Hall–Kier alpha value is -1.14. The minimum absolute atomic E-state index is 0.177. The van der Waals surface area contributed by atoms with Gasteiger partial charge in [-0.25, -0.2) is 0 Å². The number of amides is 1. The van der Waals surface area contributed by atoms with E-state index in [1.807, 2.05) is 0 Å². The quantitative estimate of drug-likeness (QED) is 0.496. The van der Waals surface area contributed by atoms with Gasteiger partial charge in [0, 0.05) is 6.42 Å².